The van der Waals surface area contributed by atoms with Gasteiger partial charge in [0.15, 0.2) is 5.58 Å². The number of carbonyl (C=O) groups excluding carboxylic acids is 1. The van der Waals surface area contributed by atoms with Gasteiger partial charge in [0, 0.05) is 25.1 Å². The number of hydrogen-bond acceptors (Lipinski definition) is 4. The summed E-state index contributed by atoms with van der Waals surface area (Å²) < 4.78 is 5.44. The monoisotopic (exact) mass is 288 g/mol. The van der Waals surface area contributed by atoms with E-state index in [1.54, 1.807) is 13.0 Å². The van der Waals surface area contributed by atoms with E-state index in [4.69, 9.17) is 9.52 Å². The third-order valence-corrected chi connectivity index (χ3v) is 2.84. The van der Waals surface area contributed by atoms with Crippen molar-refractivity contribution in [2.24, 2.45) is 5.92 Å². The second-order valence-corrected chi connectivity index (χ2v) is 4.80. The topological polar surface area (TPSA) is 92.4 Å². The molecule has 2 rings (SSSR count). The van der Waals surface area contributed by atoms with E-state index in [1.807, 2.05) is 18.2 Å². The molecular formula is C15H16N2O4. The van der Waals surface area contributed by atoms with Crippen LogP contribution in [-0.2, 0) is 9.59 Å². The number of benzene rings is 1. The van der Waals surface area contributed by atoms with Gasteiger partial charge in [0.05, 0.1) is 0 Å². The van der Waals surface area contributed by atoms with E-state index in [0.29, 0.717) is 18.0 Å². The number of amides is 1. The first kappa shape index (κ1) is 14.8. The third-order valence-electron chi connectivity index (χ3n) is 2.84. The minimum atomic E-state index is -0.876. The number of para-hydroxylation sites is 2. The summed E-state index contributed by atoms with van der Waals surface area (Å²) in [6, 6.07) is 7.32. The summed E-state index contributed by atoms with van der Waals surface area (Å²) in [6.07, 6.45) is 2.82. The van der Waals surface area contributed by atoms with Crippen LogP contribution in [0.3, 0.4) is 0 Å². The summed E-state index contributed by atoms with van der Waals surface area (Å²) in [4.78, 5) is 26.3. The number of aliphatic carboxylic acids is 1. The van der Waals surface area contributed by atoms with Crippen LogP contribution in [0, 0.1) is 5.92 Å². The number of oxazole rings is 1. The highest BCUT2D eigenvalue weighted by molar-refractivity contribution is 5.91. The van der Waals surface area contributed by atoms with Crippen LogP contribution in [0.25, 0.3) is 17.2 Å². The number of fused-ring (bicyclic) bond motifs is 1. The summed E-state index contributed by atoms with van der Waals surface area (Å²) in [5.74, 6) is -0.956. The van der Waals surface area contributed by atoms with E-state index in [9.17, 15) is 9.59 Å². The highest BCUT2D eigenvalue weighted by Gasteiger charge is 2.08. The maximum absolute atomic E-state index is 11.6. The average Bonchev–Trinajstić information content (AvgIpc) is 2.85. The Kier molecular flexibility index (Phi) is 4.71. The quantitative estimate of drug-likeness (QED) is 0.794. The number of carbonyl (C=O) groups is 2. The van der Waals surface area contributed by atoms with Crippen molar-refractivity contribution in [3.63, 3.8) is 0 Å². The molecule has 0 saturated heterocycles. The first-order valence-electron chi connectivity index (χ1n) is 6.58. The van der Waals surface area contributed by atoms with Crippen LogP contribution < -0.4 is 5.32 Å². The van der Waals surface area contributed by atoms with Crippen molar-refractivity contribution in [3.8, 4) is 0 Å². The van der Waals surface area contributed by atoms with E-state index >= 15 is 0 Å². The Morgan fingerprint density at radius 3 is 2.90 bits per heavy atom. The summed E-state index contributed by atoms with van der Waals surface area (Å²) in [5, 5.41) is 11.3. The molecule has 0 bridgehead atoms. The Labute approximate surface area is 121 Å². The second kappa shape index (κ2) is 6.69. The van der Waals surface area contributed by atoms with E-state index in [1.165, 1.54) is 12.2 Å². The first-order valence-corrected chi connectivity index (χ1v) is 6.58. The standard InChI is InChI=1S/C15H16N2O4/c1-10(8-15(19)20)9-16-13(18)6-7-14-17-11-4-2-3-5-12(11)21-14/h2-7,10H,8-9H2,1H3,(H,16,18)(H,19,20)/b7-6+. The molecule has 0 saturated carbocycles. The molecule has 1 aromatic heterocycles. The molecule has 2 aromatic rings. The van der Waals surface area contributed by atoms with Crippen LogP contribution in [0.15, 0.2) is 34.8 Å². The molecule has 1 aromatic carbocycles. The Bertz CT molecular complexity index is 642. The van der Waals surface area contributed by atoms with Crippen molar-refractivity contribution in [1.82, 2.24) is 10.3 Å². The molecular weight excluding hydrogens is 272 g/mol. The summed E-state index contributed by atoms with van der Waals surface area (Å²) in [6.45, 7) is 2.07. The summed E-state index contributed by atoms with van der Waals surface area (Å²) >= 11 is 0. The first-order chi connectivity index (χ1) is 10.0. The largest absolute Gasteiger partial charge is 0.481 e. The SMILES string of the molecule is CC(CNC(=O)/C=C/c1nc2ccccc2o1)CC(=O)O. The van der Waals surface area contributed by atoms with Crippen LogP contribution in [0.5, 0.6) is 0 Å². The van der Waals surface area contributed by atoms with Crippen LogP contribution >= 0.6 is 0 Å². The van der Waals surface area contributed by atoms with E-state index < -0.39 is 5.97 Å². The lowest BCUT2D eigenvalue weighted by Crippen LogP contribution is -2.27. The number of rotatable bonds is 6. The van der Waals surface area contributed by atoms with E-state index in [-0.39, 0.29) is 18.2 Å². The van der Waals surface area contributed by atoms with Crippen molar-refractivity contribution in [2.45, 2.75) is 13.3 Å². The van der Waals surface area contributed by atoms with Gasteiger partial charge in [-0.25, -0.2) is 4.98 Å². The molecule has 1 heterocycles. The van der Waals surface area contributed by atoms with Crippen molar-refractivity contribution < 1.29 is 19.1 Å². The Morgan fingerprint density at radius 2 is 2.19 bits per heavy atom. The maximum atomic E-state index is 11.6. The fourth-order valence-corrected chi connectivity index (χ4v) is 1.81. The Balaban J connectivity index is 1.88. The van der Waals surface area contributed by atoms with Crippen LogP contribution in [0.2, 0.25) is 0 Å². The number of carboxylic acids is 1. The van der Waals surface area contributed by atoms with Crippen molar-refractivity contribution in [1.29, 1.82) is 0 Å². The number of nitrogens with zero attached hydrogens (tertiary/aromatic N) is 1. The number of aromatic nitrogens is 1. The molecule has 6 nitrogen and oxygen atoms in total. The molecule has 0 spiro atoms. The lowest BCUT2D eigenvalue weighted by atomic mass is 10.1. The van der Waals surface area contributed by atoms with Gasteiger partial charge >= 0.3 is 5.97 Å². The van der Waals surface area contributed by atoms with Crippen molar-refractivity contribution >= 4 is 29.1 Å². The smallest absolute Gasteiger partial charge is 0.303 e. The minimum Gasteiger partial charge on any atom is -0.481 e. The van der Waals surface area contributed by atoms with Gasteiger partial charge in [-0.05, 0) is 18.1 Å². The zero-order chi connectivity index (χ0) is 15.2. The molecule has 1 atom stereocenters. The van der Waals surface area contributed by atoms with Gasteiger partial charge in [-0.2, -0.15) is 0 Å². The van der Waals surface area contributed by atoms with Gasteiger partial charge in [-0.3, -0.25) is 9.59 Å². The molecule has 1 amide bonds. The van der Waals surface area contributed by atoms with Crippen molar-refractivity contribution in [3.05, 3.63) is 36.2 Å². The number of nitrogens with one attached hydrogen (secondary N) is 1. The summed E-state index contributed by atoms with van der Waals surface area (Å²) in [5.41, 5.74) is 1.39. The zero-order valence-electron chi connectivity index (χ0n) is 11.6. The predicted octanol–water partition coefficient (Wildman–Crippen LogP) is 2.07. The molecule has 0 aliphatic rings. The average molecular weight is 288 g/mol. The highest BCUT2D eigenvalue weighted by Crippen LogP contribution is 2.15. The molecule has 21 heavy (non-hydrogen) atoms. The third kappa shape index (κ3) is 4.45. The van der Waals surface area contributed by atoms with Crippen LogP contribution in [0.4, 0.5) is 0 Å². The van der Waals surface area contributed by atoms with Crippen LogP contribution in [0.1, 0.15) is 19.2 Å². The molecule has 110 valence electrons. The van der Waals surface area contributed by atoms with Gasteiger partial charge in [0.2, 0.25) is 11.8 Å². The molecule has 1 unspecified atom stereocenters. The van der Waals surface area contributed by atoms with Gasteiger partial charge in [-0.1, -0.05) is 19.1 Å². The summed E-state index contributed by atoms with van der Waals surface area (Å²) in [7, 11) is 0. The van der Waals surface area contributed by atoms with Gasteiger partial charge < -0.3 is 14.8 Å². The normalized spacial score (nSPS) is 12.6. The van der Waals surface area contributed by atoms with Gasteiger partial charge in [0.1, 0.15) is 5.52 Å². The predicted molar refractivity (Wildman–Crippen MR) is 77.5 cm³/mol. The molecule has 0 radical (unpaired) electrons. The van der Waals surface area contributed by atoms with Crippen LogP contribution in [-0.4, -0.2) is 28.5 Å². The highest BCUT2D eigenvalue weighted by atomic mass is 16.4. The Hall–Kier alpha value is -2.63. The van der Waals surface area contributed by atoms with E-state index in [0.717, 1.165) is 5.52 Å². The fourth-order valence-electron chi connectivity index (χ4n) is 1.81. The Morgan fingerprint density at radius 1 is 1.43 bits per heavy atom. The zero-order valence-corrected chi connectivity index (χ0v) is 11.6. The second-order valence-electron chi connectivity index (χ2n) is 4.80. The lowest BCUT2D eigenvalue weighted by Gasteiger charge is -2.08. The molecule has 0 aliphatic carbocycles. The molecule has 0 fully saturated rings. The molecule has 2 N–H and O–H groups in total. The van der Waals surface area contributed by atoms with Crippen molar-refractivity contribution in [2.75, 3.05) is 6.54 Å². The fraction of sp³-hybridized carbons (Fsp3) is 0.267. The number of hydrogen-bond donors (Lipinski definition) is 2. The van der Waals surface area contributed by atoms with Gasteiger partial charge in [-0.15, -0.1) is 0 Å². The number of carboxylic acid groups (broad SMARTS) is 1. The minimum absolute atomic E-state index is 0.0229. The maximum Gasteiger partial charge on any atom is 0.303 e. The molecule has 6 heteroatoms. The lowest BCUT2D eigenvalue weighted by molar-refractivity contribution is -0.138. The van der Waals surface area contributed by atoms with E-state index in [2.05, 4.69) is 10.3 Å². The molecule has 0 aliphatic heterocycles. The van der Waals surface area contributed by atoms with Gasteiger partial charge in [0.25, 0.3) is 0 Å².